The van der Waals surface area contributed by atoms with Crippen molar-refractivity contribution < 1.29 is 4.74 Å². The molecule has 5 nitrogen and oxygen atoms in total. The maximum absolute atomic E-state index is 5.40. The minimum Gasteiger partial charge on any atom is -0.496 e. The van der Waals surface area contributed by atoms with Gasteiger partial charge in [0.1, 0.15) is 5.75 Å². The molecule has 1 aromatic carbocycles. The molecule has 0 spiro atoms. The van der Waals surface area contributed by atoms with Crippen LogP contribution in [0.25, 0.3) is 0 Å². The zero-order valence-corrected chi connectivity index (χ0v) is 20.1. The first-order valence-corrected chi connectivity index (χ1v) is 10.0. The van der Waals surface area contributed by atoms with Gasteiger partial charge in [-0.2, -0.15) is 0 Å². The molecule has 0 aliphatic heterocycles. The van der Waals surface area contributed by atoms with Gasteiger partial charge in [-0.05, 0) is 69.9 Å². The van der Waals surface area contributed by atoms with Crippen molar-refractivity contribution >= 4 is 29.9 Å². The molecule has 0 aliphatic carbocycles. The summed E-state index contributed by atoms with van der Waals surface area (Å²) >= 11 is 0. The number of rotatable bonds is 12. The lowest BCUT2D eigenvalue weighted by molar-refractivity contribution is 0.297. The van der Waals surface area contributed by atoms with Crippen molar-refractivity contribution in [3.63, 3.8) is 0 Å². The highest BCUT2D eigenvalue weighted by Crippen LogP contribution is 2.18. The van der Waals surface area contributed by atoms with E-state index in [2.05, 4.69) is 61.4 Å². The Morgan fingerprint density at radius 3 is 2.48 bits per heavy atom. The van der Waals surface area contributed by atoms with Crippen molar-refractivity contribution in [3.05, 3.63) is 29.3 Å². The smallest absolute Gasteiger partial charge is 0.191 e. The molecule has 0 aliphatic rings. The highest BCUT2D eigenvalue weighted by atomic mass is 127. The van der Waals surface area contributed by atoms with Gasteiger partial charge in [0, 0.05) is 19.6 Å². The van der Waals surface area contributed by atoms with E-state index in [0.717, 1.165) is 57.3 Å². The molecule has 6 heteroatoms. The number of aliphatic imine (C=N–C) groups is 1. The van der Waals surface area contributed by atoms with E-state index in [1.54, 1.807) is 7.11 Å². The molecular weight excluding hydrogens is 451 g/mol. The van der Waals surface area contributed by atoms with E-state index in [4.69, 9.17) is 9.73 Å². The molecule has 0 bridgehead atoms. The van der Waals surface area contributed by atoms with E-state index in [0.29, 0.717) is 0 Å². The molecule has 0 unspecified atom stereocenters. The third kappa shape index (κ3) is 10.8. The third-order valence-electron chi connectivity index (χ3n) is 4.57. The van der Waals surface area contributed by atoms with Crippen molar-refractivity contribution in [1.29, 1.82) is 0 Å². The van der Waals surface area contributed by atoms with Gasteiger partial charge in [-0.3, -0.25) is 4.99 Å². The van der Waals surface area contributed by atoms with Crippen LogP contribution in [0.4, 0.5) is 0 Å². The third-order valence-corrected chi connectivity index (χ3v) is 4.57. The minimum absolute atomic E-state index is 0. The molecular formula is C21H39IN4O. The molecule has 27 heavy (non-hydrogen) atoms. The second kappa shape index (κ2) is 16.0. The summed E-state index contributed by atoms with van der Waals surface area (Å²) in [5.41, 5.74) is 2.44. The van der Waals surface area contributed by atoms with Crippen LogP contribution in [0, 0.1) is 6.92 Å². The molecule has 2 N–H and O–H groups in total. The van der Waals surface area contributed by atoms with Gasteiger partial charge >= 0.3 is 0 Å². The van der Waals surface area contributed by atoms with Crippen molar-refractivity contribution in [3.8, 4) is 5.75 Å². The summed E-state index contributed by atoms with van der Waals surface area (Å²) in [4.78, 5) is 7.15. The summed E-state index contributed by atoms with van der Waals surface area (Å²) in [5.74, 6) is 1.87. The molecule has 0 fully saturated rings. The Morgan fingerprint density at radius 1 is 1.11 bits per heavy atom. The van der Waals surface area contributed by atoms with Crippen LogP contribution in [0.2, 0.25) is 0 Å². The molecule has 0 amide bonds. The Hall–Kier alpha value is -1.02. The fourth-order valence-electron chi connectivity index (χ4n) is 2.86. The summed E-state index contributed by atoms with van der Waals surface area (Å²) in [7, 11) is 1.72. The molecule has 0 heterocycles. The van der Waals surface area contributed by atoms with Gasteiger partial charge in [-0.15, -0.1) is 24.0 Å². The summed E-state index contributed by atoms with van der Waals surface area (Å²) in [6, 6.07) is 6.40. The van der Waals surface area contributed by atoms with E-state index in [-0.39, 0.29) is 24.0 Å². The monoisotopic (exact) mass is 490 g/mol. The highest BCUT2D eigenvalue weighted by molar-refractivity contribution is 14.0. The second-order valence-corrected chi connectivity index (χ2v) is 6.48. The second-order valence-electron chi connectivity index (χ2n) is 6.48. The average molecular weight is 490 g/mol. The van der Waals surface area contributed by atoms with Gasteiger partial charge in [-0.1, -0.05) is 26.0 Å². The lowest BCUT2D eigenvalue weighted by Crippen LogP contribution is -2.38. The standard InChI is InChI=1S/C21H38N4O.HI/c1-6-22-21(23-14-9-10-16-25(7-2)8-3)24-15-13-19-12-11-18(4)20(17-19)26-5;/h11-12,17H,6-10,13-16H2,1-5H3,(H2,22,23,24);1H. The SMILES string of the molecule is CCNC(=NCCCCN(CC)CC)NCCc1ccc(C)c(OC)c1.I. The van der Waals surface area contributed by atoms with Crippen LogP contribution < -0.4 is 15.4 Å². The van der Waals surface area contributed by atoms with E-state index in [9.17, 15) is 0 Å². The van der Waals surface area contributed by atoms with Crippen molar-refractivity contribution in [2.45, 2.75) is 47.0 Å². The number of nitrogens with zero attached hydrogens (tertiary/aromatic N) is 2. The molecule has 1 rings (SSSR count). The number of guanidine groups is 1. The first-order chi connectivity index (χ1) is 12.6. The molecule has 0 radical (unpaired) electrons. The lowest BCUT2D eigenvalue weighted by Gasteiger charge is -2.17. The number of hydrogen-bond donors (Lipinski definition) is 2. The molecule has 0 atom stereocenters. The van der Waals surface area contributed by atoms with Gasteiger partial charge in [-0.25, -0.2) is 0 Å². The number of halogens is 1. The maximum atomic E-state index is 5.40. The Kier molecular flexibility index (Phi) is 15.4. The van der Waals surface area contributed by atoms with Crippen LogP contribution in [0.1, 0.15) is 44.7 Å². The fraction of sp³-hybridized carbons (Fsp3) is 0.667. The van der Waals surface area contributed by atoms with Crippen LogP contribution in [0.15, 0.2) is 23.2 Å². The Balaban J connectivity index is 0.00000676. The van der Waals surface area contributed by atoms with Gasteiger partial charge in [0.25, 0.3) is 0 Å². The molecule has 0 saturated heterocycles. The first-order valence-electron chi connectivity index (χ1n) is 10.0. The summed E-state index contributed by atoms with van der Waals surface area (Å²) < 4.78 is 5.40. The number of ether oxygens (including phenoxy) is 1. The predicted octanol–water partition coefficient (Wildman–Crippen LogP) is 3.84. The van der Waals surface area contributed by atoms with Crippen LogP contribution in [-0.2, 0) is 6.42 Å². The lowest BCUT2D eigenvalue weighted by atomic mass is 10.1. The summed E-state index contributed by atoms with van der Waals surface area (Å²) in [5, 5.41) is 6.76. The normalized spacial score (nSPS) is 11.3. The topological polar surface area (TPSA) is 48.9 Å². The maximum Gasteiger partial charge on any atom is 0.191 e. The zero-order chi connectivity index (χ0) is 19.2. The predicted molar refractivity (Wildman–Crippen MR) is 128 cm³/mol. The highest BCUT2D eigenvalue weighted by Gasteiger charge is 2.02. The molecule has 1 aromatic rings. The summed E-state index contributed by atoms with van der Waals surface area (Å²) in [6.45, 7) is 14.6. The van der Waals surface area contributed by atoms with Gasteiger partial charge < -0.3 is 20.3 Å². The number of nitrogens with one attached hydrogen (secondary N) is 2. The first kappa shape index (κ1) is 26.0. The van der Waals surface area contributed by atoms with Gasteiger partial charge in [0.2, 0.25) is 0 Å². The van der Waals surface area contributed by atoms with E-state index in [1.807, 2.05) is 0 Å². The van der Waals surface area contributed by atoms with E-state index < -0.39 is 0 Å². The number of benzene rings is 1. The van der Waals surface area contributed by atoms with Gasteiger partial charge in [0.05, 0.1) is 7.11 Å². The molecule has 156 valence electrons. The van der Waals surface area contributed by atoms with Crippen LogP contribution >= 0.6 is 24.0 Å². The van der Waals surface area contributed by atoms with E-state index >= 15 is 0 Å². The van der Waals surface area contributed by atoms with Crippen molar-refractivity contribution in [1.82, 2.24) is 15.5 Å². The number of methoxy groups -OCH3 is 1. The van der Waals surface area contributed by atoms with Crippen LogP contribution in [0.5, 0.6) is 5.75 Å². The van der Waals surface area contributed by atoms with Gasteiger partial charge in [0.15, 0.2) is 5.96 Å². The number of aryl methyl sites for hydroxylation is 1. The zero-order valence-electron chi connectivity index (χ0n) is 17.8. The van der Waals surface area contributed by atoms with Crippen LogP contribution in [-0.4, -0.2) is 57.2 Å². The summed E-state index contributed by atoms with van der Waals surface area (Å²) in [6.07, 6.45) is 3.28. The molecule has 0 saturated carbocycles. The van der Waals surface area contributed by atoms with Crippen LogP contribution in [0.3, 0.4) is 0 Å². The Bertz CT molecular complexity index is 533. The van der Waals surface area contributed by atoms with Crippen molar-refractivity contribution in [2.75, 3.05) is 46.4 Å². The number of unbranched alkanes of at least 4 members (excludes halogenated alkanes) is 1. The molecule has 0 aromatic heterocycles. The van der Waals surface area contributed by atoms with Crippen molar-refractivity contribution in [2.24, 2.45) is 4.99 Å². The Labute approximate surface area is 183 Å². The minimum atomic E-state index is 0. The average Bonchev–Trinajstić information content (AvgIpc) is 2.66. The fourth-order valence-corrected chi connectivity index (χ4v) is 2.86. The number of hydrogen-bond acceptors (Lipinski definition) is 3. The van der Waals surface area contributed by atoms with E-state index in [1.165, 1.54) is 24.1 Å². The quantitative estimate of drug-likeness (QED) is 0.202. The largest absolute Gasteiger partial charge is 0.496 e. The Morgan fingerprint density at radius 2 is 1.85 bits per heavy atom.